The number of rotatable bonds is 6. The molecule has 0 amide bonds. The molecule has 1 aromatic carbocycles. The quantitative estimate of drug-likeness (QED) is 0.637. The van der Waals surface area contributed by atoms with Crippen LogP contribution >= 0.6 is 23.4 Å². The lowest BCUT2D eigenvalue weighted by molar-refractivity contribution is -0.384. The lowest BCUT2D eigenvalue weighted by atomic mass is 10.2. The molecule has 0 saturated heterocycles. The van der Waals surface area contributed by atoms with Gasteiger partial charge in [0.2, 0.25) is 0 Å². The molecule has 0 spiro atoms. The molecule has 0 aliphatic carbocycles. The SMILES string of the molecule is CCC(CSC)Nc1cc(Cl)c(F)cc1[N+](=O)[O-]. The van der Waals surface area contributed by atoms with Crippen molar-refractivity contribution in [1.82, 2.24) is 0 Å². The van der Waals surface area contributed by atoms with E-state index in [1.165, 1.54) is 6.07 Å². The Morgan fingerprint density at radius 1 is 1.61 bits per heavy atom. The van der Waals surface area contributed by atoms with Crippen molar-refractivity contribution in [3.8, 4) is 0 Å². The van der Waals surface area contributed by atoms with Crippen LogP contribution in [0, 0.1) is 15.9 Å². The molecule has 0 aliphatic heterocycles. The van der Waals surface area contributed by atoms with E-state index in [9.17, 15) is 14.5 Å². The summed E-state index contributed by atoms with van der Waals surface area (Å²) in [6.45, 7) is 1.98. The Morgan fingerprint density at radius 2 is 2.28 bits per heavy atom. The molecule has 0 radical (unpaired) electrons. The molecule has 1 atom stereocenters. The van der Waals surface area contributed by atoms with Gasteiger partial charge < -0.3 is 5.32 Å². The van der Waals surface area contributed by atoms with E-state index >= 15 is 0 Å². The third-order valence-corrected chi connectivity index (χ3v) is 3.48. The second kappa shape index (κ2) is 6.80. The summed E-state index contributed by atoms with van der Waals surface area (Å²) in [5.74, 6) is 0.0228. The Bertz CT molecular complexity index is 445. The van der Waals surface area contributed by atoms with Crippen LogP contribution in [0.4, 0.5) is 15.8 Å². The van der Waals surface area contributed by atoms with Gasteiger partial charge in [-0.25, -0.2) is 4.39 Å². The van der Waals surface area contributed by atoms with Crippen LogP contribution in [0.15, 0.2) is 12.1 Å². The van der Waals surface area contributed by atoms with Crippen molar-refractivity contribution in [3.05, 3.63) is 33.1 Å². The highest BCUT2D eigenvalue weighted by Crippen LogP contribution is 2.31. The Morgan fingerprint density at radius 3 is 2.78 bits per heavy atom. The van der Waals surface area contributed by atoms with E-state index in [0.717, 1.165) is 18.2 Å². The average Bonchev–Trinajstić information content (AvgIpc) is 2.32. The van der Waals surface area contributed by atoms with Crippen molar-refractivity contribution >= 4 is 34.7 Å². The van der Waals surface area contributed by atoms with Crippen LogP contribution in [-0.4, -0.2) is 23.0 Å². The van der Waals surface area contributed by atoms with Crippen molar-refractivity contribution in [3.63, 3.8) is 0 Å². The van der Waals surface area contributed by atoms with Gasteiger partial charge in [0.15, 0.2) is 0 Å². The molecule has 18 heavy (non-hydrogen) atoms. The summed E-state index contributed by atoms with van der Waals surface area (Å²) in [7, 11) is 0. The number of nitrogens with one attached hydrogen (secondary N) is 1. The van der Waals surface area contributed by atoms with Gasteiger partial charge in [-0.1, -0.05) is 18.5 Å². The fourth-order valence-corrected chi connectivity index (χ4v) is 2.37. The van der Waals surface area contributed by atoms with Crippen molar-refractivity contribution in [1.29, 1.82) is 0 Å². The number of nitrogens with zero attached hydrogens (tertiary/aromatic N) is 1. The molecule has 4 nitrogen and oxygen atoms in total. The molecule has 1 aromatic rings. The summed E-state index contributed by atoms with van der Waals surface area (Å²) in [5.41, 5.74) is -0.0382. The van der Waals surface area contributed by atoms with Crippen LogP contribution < -0.4 is 5.32 Å². The molecule has 7 heteroatoms. The summed E-state index contributed by atoms with van der Waals surface area (Å²) in [6.07, 6.45) is 2.77. The van der Waals surface area contributed by atoms with Crippen LogP contribution in [-0.2, 0) is 0 Å². The van der Waals surface area contributed by atoms with Gasteiger partial charge in [-0.2, -0.15) is 11.8 Å². The first-order chi connectivity index (χ1) is 8.49. The van der Waals surface area contributed by atoms with Gasteiger partial charge in [-0.3, -0.25) is 10.1 Å². The smallest absolute Gasteiger partial charge is 0.295 e. The van der Waals surface area contributed by atoms with Crippen LogP contribution in [0.25, 0.3) is 0 Å². The molecule has 1 N–H and O–H groups in total. The molecule has 0 saturated carbocycles. The summed E-state index contributed by atoms with van der Waals surface area (Å²) in [4.78, 5) is 10.2. The summed E-state index contributed by atoms with van der Waals surface area (Å²) >= 11 is 7.29. The second-order valence-corrected chi connectivity index (χ2v) is 5.06. The molecular weight excluding hydrogens is 279 g/mol. The van der Waals surface area contributed by atoms with Crippen LogP contribution in [0.5, 0.6) is 0 Å². The van der Waals surface area contributed by atoms with Crippen molar-refractivity contribution in [2.24, 2.45) is 0 Å². The normalized spacial score (nSPS) is 12.2. The second-order valence-electron chi connectivity index (χ2n) is 3.75. The standard InChI is InChI=1S/C11H14ClFN2O2S/c1-3-7(6-18-2)14-10-4-8(12)9(13)5-11(10)15(16)17/h4-5,7,14H,3,6H2,1-2H3. The zero-order chi connectivity index (χ0) is 13.7. The highest BCUT2D eigenvalue weighted by molar-refractivity contribution is 7.98. The Balaban J connectivity index is 3.06. The predicted molar refractivity (Wildman–Crippen MR) is 74.1 cm³/mol. The number of nitro groups is 1. The monoisotopic (exact) mass is 292 g/mol. The Kier molecular flexibility index (Phi) is 5.68. The molecule has 1 unspecified atom stereocenters. The van der Waals surface area contributed by atoms with E-state index in [1.54, 1.807) is 11.8 Å². The number of hydrogen-bond donors (Lipinski definition) is 1. The largest absolute Gasteiger partial charge is 0.376 e. The van der Waals surface area contributed by atoms with Gasteiger partial charge in [-0.05, 0) is 18.7 Å². The van der Waals surface area contributed by atoms with Crippen LogP contribution in [0.1, 0.15) is 13.3 Å². The number of anilines is 1. The molecule has 0 aromatic heterocycles. The maximum atomic E-state index is 13.2. The van der Waals surface area contributed by atoms with E-state index in [2.05, 4.69) is 5.32 Å². The van der Waals surface area contributed by atoms with Crippen LogP contribution in [0.2, 0.25) is 5.02 Å². The minimum atomic E-state index is -0.785. The first-order valence-electron chi connectivity index (χ1n) is 5.38. The predicted octanol–water partition coefficient (Wildman–Crippen LogP) is 3.94. The Labute approximate surface area is 114 Å². The molecule has 1 rings (SSSR count). The Hall–Kier alpha value is -1.01. The molecule has 100 valence electrons. The third kappa shape index (κ3) is 3.74. The van der Waals surface area contributed by atoms with Crippen molar-refractivity contribution < 1.29 is 9.31 Å². The van der Waals surface area contributed by atoms with E-state index in [4.69, 9.17) is 11.6 Å². The van der Waals surface area contributed by atoms with Gasteiger partial charge in [-0.15, -0.1) is 0 Å². The third-order valence-electron chi connectivity index (χ3n) is 2.46. The van der Waals surface area contributed by atoms with Gasteiger partial charge >= 0.3 is 0 Å². The fraction of sp³-hybridized carbons (Fsp3) is 0.455. The highest BCUT2D eigenvalue weighted by atomic mass is 35.5. The number of hydrogen-bond acceptors (Lipinski definition) is 4. The molecule has 0 aliphatic rings. The van der Waals surface area contributed by atoms with E-state index < -0.39 is 10.7 Å². The number of thioether (sulfide) groups is 1. The number of nitro benzene ring substituents is 1. The van der Waals surface area contributed by atoms with Crippen molar-refractivity contribution in [2.75, 3.05) is 17.3 Å². The molecular formula is C11H14ClFN2O2S. The first-order valence-corrected chi connectivity index (χ1v) is 7.15. The fourth-order valence-electron chi connectivity index (χ4n) is 1.49. The van der Waals surface area contributed by atoms with Gasteiger partial charge in [0.25, 0.3) is 5.69 Å². The van der Waals surface area contributed by atoms with E-state index in [0.29, 0.717) is 0 Å². The maximum Gasteiger partial charge on any atom is 0.295 e. The van der Waals surface area contributed by atoms with Gasteiger partial charge in [0, 0.05) is 11.8 Å². The number of halogens is 2. The lowest BCUT2D eigenvalue weighted by Crippen LogP contribution is -2.21. The van der Waals surface area contributed by atoms with Crippen LogP contribution in [0.3, 0.4) is 0 Å². The molecule has 0 bridgehead atoms. The van der Waals surface area contributed by atoms with E-state index in [1.807, 2.05) is 13.2 Å². The first kappa shape index (κ1) is 15.0. The average molecular weight is 293 g/mol. The topological polar surface area (TPSA) is 55.2 Å². The molecule has 0 fully saturated rings. The minimum Gasteiger partial charge on any atom is -0.376 e. The van der Waals surface area contributed by atoms with Gasteiger partial charge in [0.05, 0.1) is 16.0 Å². The number of benzene rings is 1. The zero-order valence-electron chi connectivity index (χ0n) is 10.1. The van der Waals surface area contributed by atoms with Crippen molar-refractivity contribution in [2.45, 2.75) is 19.4 Å². The summed E-state index contributed by atoms with van der Waals surface area (Å²) in [6, 6.07) is 2.19. The zero-order valence-corrected chi connectivity index (χ0v) is 11.6. The maximum absolute atomic E-state index is 13.2. The van der Waals surface area contributed by atoms with Gasteiger partial charge in [0.1, 0.15) is 11.5 Å². The lowest BCUT2D eigenvalue weighted by Gasteiger charge is -2.17. The highest BCUT2D eigenvalue weighted by Gasteiger charge is 2.19. The summed E-state index contributed by atoms with van der Waals surface area (Å²) < 4.78 is 13.2. The minimum absolute atomic E-state index is 0.0835. The molecule has 0 heterocycles. The van der Waals surface area contributed by atoms with E-state index in [-0.39, 0.29) is 22.4 Å². The summed E-state index contributed by atoms with van der Waals surface area (Å²) in [5, 5.41) is 13.8.